The maximum atomic E-state index is 11.1. The van der Waals surface area contributed by atoms with E-state index in [1.165, 1.54) is 6.42 Å². The number of nitrogens with two attached hydrogens (primary N) is 1. The lowest BCUT2D eigenvalue weighted by Gasteiger charge is -2.23. The van der Waals surface area contributed by atoms with Gasteiger partial charge in [0.2, 0.25) is 5.91 Å². The lowest BCUT2D eigenvalue weighted by atomic mass is 10.1. The van der Waals surface area contributed by atoms with Gasteiger partial charge in [0.25, 0.3) is 0 Å². The van der Waals surface area contributed by atoms with E-state index < -0.39 is 5.54 Å². The summed E-state index contributed by atoms with van der Waals surface area (Å²) in [6.07, 6.45) is 2.33. The molecule has 1 aliphatic rings. The van der Waals surface area contributed by atoms with Crippen molar-refractivity contribution in [3.63, 3.8) is 0 Å². The number of aliphatic imine (C=N–C) groups is 1. The minimum atomic E-state index is -0.715. The molecule has 0 bridgehead atoms. The molecule has 0 radical (unpaired) electrons. The van der Waals surface area contributed by atoms with Crippen molar-refractivity contribution in [3.8, 4) is 0 Å². The Hall–Kier alpha value is -0.710. The smallest absolute Gasteiger partial charge is 0.242 e. The third-order valence-electron chi connectivity index (χ3n) is 2.36. The summed E-state index contributed by atoms with van der Waals surface area (Å²) >= 11 is 1.71. The Bertz CT molecular complexity index is 276. The van der Waals surface area contributed by atoms with Gasteiger partial charge < -0.3 is 11.1 Å². The van der Waals surface area contributed by atoms with E-state index in [0.29, 0.717) is 5.25 Å². The van der Waals surface area contributed by atoms with E-state index >= 15 is 0 Å². The van der Waals surface area contributed by atoms with Crippen molar-refractivity contribution in [2.24, 2.45) is 10.7 Å². The van der Waals surface area contributed by atoms with Crippen LogP contribution < -0.4 is 11.1 Å². The van der Waals surface area contributed by atoms with Gasteiger partial charge in [0, 0.05) is 5.25 Å². The summed E-state index contributed by atoms with van der Waals surface area (Å²) < 4.78 is 0. The van der Waals surface area contributed by atoms with Gasteiger partial charge in [0.05, 0.1) is 6.54 Å². The van der Waals surface area contributed by atoms with Crippen LogP contribution in [0, 0.1) is 0 Å². The van der Waals surface area contributed by atoms with Crippen molar-refractivity contribution in [1.29, 1.82) is 0 Å². The summed E-state index contributed by atoms with van der Waals surface area (Å²) in [5.41, 5.74) is 4.56. The highest BCUT2D eigenvalue weighted by Gasteiger charge is 2.29. The number of carbonyl (C=O) groups is 1. The molecule has 5 heteroatoms. The average Bonchev–Trinajstić information content (AvgIpc) is 2.52. The lowest BCUT2D eigenvalue weighted by molar-refractivity contribution is -0.122. The summed E-state index contributed by atoms with van der Waals surface area (Å²) in [7, 11) is 0. The van der Waals surface area contributed by atoms with Gasteiger partial charge in [0.1, 0.15) is 5.54 Å². The molecule has 1 aliphatic heterocycles. The number of carbonyl (C=O) groups excluding carboxylic acids is 1. The summed E-state index contributed by atoms with van der Waals surface area (Å²) in [5, 5.41) is 4.48. The molecule has 1 unspecified atom stereocenters. The zero-order chi connectivity index (χ0) is 11.5. The maximum absolute atomic E-state index is 11.1. The van der Waals surface area contributed by atoms with E-state index in [-0.39, 0.29) is 5.91 Å². The van der Waals surface area contributed by atoms with Crippen molar-refractivity contribution in [1.82, 2.24) is 5.32 Å². The molecule has 0 aromatic heterocycles. The van der Waals surface area contributed by atoms with E-state index in [4.69, 9.17) is 5.73 Å². The minimum absolute atomic E-state index is 0.357. The molecule has 1 atom stereocenters. The third-order valence-corrected chi connectivity index (χ3v) is 3.54. The molecular formula is C10H19N3OS. The largest absolute Gasteiger partial charge is 0.368 e. The molecule has 86 valence electrons. The molecule has 0 aromatic rings. The number of amidine groups is 1. The highest BCUT2D eigenvalue weighted by molar-refractivity contribution is 8.14. The fourth-order valence-corrected chi connectivity index (χ4v) is 2.57. The van der Waals surface area contributed by atoms with Crippen molar-refractivity contribution < 1.29 is 4.79 Å². The van der Waals surface area contributed by atoms with Gasteiger partial charge in [-0.1, -0.05) is 25.1 Å². The molecule has 0 fully saturated rings. The van der Waals surface area contributed by atoms with Gasteiger partial charge in [-0.15, -0.1) is 0 Å². The second-order valence-electron chi connectivity index (χ2n) is 4.29. The van der Waals surface area contributed by atoms with Crippen molar-refractivity contribution in [2.45, 2.75) is 44.4 Å². The molecule has 0 saturated heterocycles. The Kier molecular flexibility index (Phi) is 4.02. The number of nitrogens with zero attached hydrogens (tertiary/aromatic N) is 1. The molecule has 4 nitrogen and oxygen atoms in total. The molecule has 0 aliphatic carbocycles. The van der Waals surface area contributed by atoms with Gasteiger partial charge in [-0.2, -0.15) is 0 Å². The summed E-state index contributed by atoms with van der Waals surface area (Å²) in [5.74, 6) is -0.357. The highest BCUT2D eigenvalue weighted by Crippen LogP contribution is 2.24. The number of primary amides is 1. The van der Waals surface area contributed by atoms with Crippen molar-refractivity contribution >= 4 is 22.8 Å². The molecule has 15 heavy (non-hydrogen) atoms. The fraction of sp³-hybridized carbons (Fsp3) is 0.800. The number of hydrogen-bond acceptors (Lipinski definition) is 4. The molecule has 0 spiro atoms. The number of amides is 1. The van der Waals surface area contributed by atoms with Crippen molar-refractivity contribution in [2.75, 3.05) is 6.54 Å². The van der Waals surface area contributed by atoms with Crippen LogP contribution >= 0.6 is 11.8 Å². The number of rotatable bonds is 4. The first-order valence-corrected chi connectivity index (χ1v) is 6.13. The van der Waals surface area contributed by atoms with E-state index in [0.717, 1.165) is 18.1 Å². The summed E-state index contributed by atoms with van der Waals surface area (Å²) in [6, 6.07) is 0. The van der Waals surface area contributed by atoms with E-state index in [2.05, 4.69) is 17.2 Å². The first-order chi connectivity index (χ1) is 6.95. The zero-order valence-electron chi connectivity index (χ0n) is 9.54. The molecule has 3 N–H and O–H groups in total. The van der Waals surface area contributed by atoms with Crippen molar-refractivity contribution in [3.05, 3.63) is 0 Å². The van der Waals surface area contributed by atoms with Crippen LogP contribution in [0.3, 0.4) is 0 Å². The van der Waals surface area contributed by atoms with E-state index in [1.807, 2.05) is 0 Å². The Balaban J connectivity index is 2.45. The Morgan fingerprint density at radius 3 is 2.93 bits per heavy atom. The minimum Gasteiger partial charge on any atom is -0.368 e. The molecule has 1 amide bonds. The second kappa shape index (κ2) is 4.88. The molecule has 0 saturated carbocycles. The van der Waals surface area contributed by atoms with Crippen LogP contribution in [0.5, 0.6) is 0 Å². The number of thioether (sulfide) groups is 1. The average molecular weight is 229 g/mol. The zero-order valence-corrected chi connectivity index (χ0v) is 10.4. The number of hydrogen-bond donors (Lipinski definition) is 2. The second-order valence-corrected chi connectivity index (χ2v) is 5.58. The highest BCUT2D eigenvalue weighted by atomic mass is 32.2. The first kappa shape index (κ1) is 12.4. The maximum Gasteiger partial charge on any atom is 0.242 e. The van der Waals surface area contributed by atoms with Crippen LogP contribution in [0.2, 0.25) is 0 Å². The van der Waals surface area contributed by atoms with Gasteiger partial charge in [-0.25, -0.2) is 0 Å². The SMILES string of the molecule is CCCC1CN=C(NC(C)(C)C(N)=O)S1. The van der Waals surface area contributed by atoms with Gasteiger partial charge in [-0.3, -0.25) is 9.79 Å². The van der Waals surface area contributed by atoms with Crippen LogP contribution in [0.15, 0.2) is 4.99 Å². The molecule has 1 heterocycles. The van der Waals surface area contributed by atoms with Crippen LogP contribution in [-0.2, 0) is 4.79 Å². The Morgan fingerprint density at radius 2 is 2.40 bits per heavy atom. The van der Waals surface area contributed by atoms with Gasteiger partial charge in [0.15, 0.2) is 5.17 Å². The molecule has 0 aromatic carbocycles. The predicted molar refractivity (Wildman–Crippen MR) is 65.0 cm³/mol. The van der Waals surface area contributed by atoms with Gasteiger partial charge >= 0.3 is 0 Å². The van der Waals surface area contributed by atoms with E-state index in [9.17, 15) is 4.79 Å². The third kappa shape index (κ3) is 3.41. The summed E-state index contributed by atoms with van der Waals surface area (Å²) in [6.45, 7) is 6.55. The van der Waals surface area contributed by atoms with Crippen LogP contribution in [-0.4, -0.2) is 28.4 Å². The van der Waals surface area contributed by atoms with E-state index in [1.54, 1.807) is 25.6 Å². The van der Waals surface area contributed by atoms with Gasteiger partial charge in [-0.05, 0) is 20.3 Å². The standard InChI is InChI=1S/C10H19N3OS/c1-4-5-7-6-12-9(15-7)13-10(2,3)8(11)14/h7H,4-6H2,1-3H3,(H2,11,14)(H,12,13). The fourth-order valence-electron chi connectivity index (χ4n) is 1.29. The van der Waals surface area contributed by atoms with Crippen LogP contribution in [0.25, 0.3) is 0 Å². The normalized spacial score (nSPS) is 21.3. The Labute approximate surface area is 95.1 Å². The monoisotopic (exact) mass is 229 g/mol. The lowest BCUT2D eigenvalue weighted by Crippen LogP contribution is -2.52. The Morgan fingerprint density at radius 1 is 1.73 bits per heavy atom. The topological polar surface area (TPSA) is 67.5 Å². The van der Waals surface area contributed by atoms with Crippen LogP contribution in [0.4, 0.5) is 0 Å². The molecular weight excluding hydrogens is 210 g/mol. The predicted octanol–water partition coefficient (Wildman–Crippen LogP) is 1.11. The van der Waals surface area contributed by atoms with Crippen LogP contribution in [0.1, 0.15) is 33.6 Å². The summed E-state index contributed by atoms with van der Waals surface area (Å²) in [4.78, 5) is 15.5. The quantitative estimate of drug-likeness (QED) is 0.759. The first-order valence-electron chi connectivity index (χ1n) is 5.25. The molecule has 1 rings (SSSR count). The number of nitrogens with one attached hydrogen (secondary N) is 1.